The molecule has 0 saturated carbocycles. The van der Waals surface area contributed by atoms with Crippen molar-refractivity contribution in [2.45, 2.75) is 6.92 Å². The first-order chi connectivity index (χ1) is 4.25. The van der Waals surface area contributed by atoms with E-state index in [1.54, 1.807) is 7.05 Å². The number of rotatable bonds is 0. The van der Waals surface area contributed by atoms with Crippen LogP contribution in [-0.2, 0) is 0 Å². The van der Waals surface area contributed by atoms with E-state index >= 15 is 0 Å². The maximum Gasteiger partial charge on any atom is 0.145 e. The van der Waals surface area contributed by atoms with E-state index in [2.05, 4.69) is 9.98 Å². The summed E-state index contributed by atoms with van der Waals surface area (Å²) < 4.78 is 0. The van der Waals surface area contributed by atoms with Crippen molar-refractivity contribution in [3.8, 4) is 0 Å². The van der Waals surface area contributed by atoms with Crippen LogP contribution in [0.5, 0.6) is 0 Å². The first-order valence-electron chi connectivity index (χ1n) is 2.95. The van der Waals surface area contributed by atoms with Gasteiger partial charge in [0.2, 0.25) is 0 Å². The van der Waals surface area contributed by atoms with Crippen LogP contribution in [0.3, 0.4) is 0 Å². The van der Waals surface area contributed by atoms with E-state index < -0.39 is 0 Å². The Kier molecular flexibility index (Phi) is 1.51. The van der Waals surface area contributed by atoms with Crippen molar-refractivity contribution in [3.05, 3.63) is 0 Å². The molecule has 3 heteroatoms. The van der Waals surface area contributed by atoms with E-state index in [1.807, 2.05) is 18.9 Å². The lowest BCUT2D eigenvalue weighted by Gasteiger charge is -2.08. The minimum absolute atomic E-state index is 0.762. The lowest BCUT2D eigenvalue weighted by atomic mass is 10.4. The Balaban J connectivity index is 2.81. The predicted octanol–water partition coefficient (Wildman–Crippen LogP) is 0.379. The van der Waals surface area contributed by atoms with Crippen LogP contribution in [0.1, 0.15) is 6.92 Å². The average Bonchev–Trinajstić information content (AvgIpc) is 2.12. The van der Waals surface area contributed by atoms with Crippen LogP contribution in [0, 0.1) is 0 Å². The Morgan fingerprint density at radius 2 is 2.33 bits per heavy atom. The van der Waals surface area contributed by atoms with Crippen molar-refractivity contribution < 1.29 is 0 Å². The topological polar surface area (TPSA) is 28.0 Å². The number of hydrogen-bond donors (Lipinski definition) is 0. The molecule has 1 aliphatic rings. The number of aliphatic imine (C=N–C) groups is 2. The molecule has 0 aromatic heterocycles. The fraction of sp³-hybridized carbons (Fsp3) is 0.667. The van der Waals surface area contributed by atoms with Gasteiger partial charge in [-0.15, -0.1) is 0 Å². The Labute approximate surface area is 55.1 Å². The van der Waals surface area contributed by atoms with Crippen molar-refractivity contribution in [3.63, 3.8) is 0 Å². The highest BCUT2D eigenvalue weighted by Crippen LogP contribution is 1.99. The van der Waals surface area contributed by atoms with Gasteiger partial charge in [-0.2, -0.15) is 0 Å². The number of hydrogen-bond acceptors (Lipinski definition) is 2. The zero-order valence-corrected chi connectivity index (χ0v) is 6.05. The van der Waals surface area contributed by atoms with E-state index in [4.69, 9.17) is 0 Å². The lowest BCUT2D eigenvalue weighted by molar-refractivity contribution is 0.547. The standard InChI is InChI=1S/C6H11N3/c1-5-6(7-2)9(3)4-8-5/h4H2,1-3H3. The van der Waals surface area contributed by atoms with Gasteiger partial charge >= 0.3 is 0 Å². The molecular formula is C6H11N3. The summed E-state index contributed by atoms with van der Waals surface area (Å²) in [6, 6.07) is 0. The Morgan fingerprint density at radius 1 is 1.67 bits per heavy atom. The molecular weight excluding hydrogens is 114 g/mol. The van der Waals surface area contributed by atoms with Crippen molar-refractivity contribution in [1.82, 2.24) is 4.90 Å². The van der Waals surface area contributed by atoms with Crippen LogP contribution >= 0.6 is 0 Å². The quantitative estimate of drug-likeness (QED) is 0.460. The van der Waals surface area contributed by atoms with Crippen molar-refractivity contribution in [2.75, 3.05) is 20.8 Å². The summed E-state index contributed by atoms with van der Waals surface area (Å²) >= 11 is 0. The van der Waals surface area contributed by atoms with E-state index in [-0.39, 0.29) is 0 Å². The fourth-order valence-corrected chi connectivity index (χ4v) is 0.959. The largest absolute Gasteiger partial charge is 0.339 e. The van der Waals surface area contributed by atoms with Crippen LogP contribution < -0.4 is 0 Å². The smallest absolute Gasteiger partial charge is 0.145 e. The van der Waals surface area contributed by atoms with Gasteiger partial charge in [0.1, 0.15) is 12.5 Å². The third kappa shape index (κ3) is 0.943. The molecule has 1 rings (SSSR count). The van der Waals surface area contributed by atoms with Crippen LogP contribution in [0.4, 0.5) is 0 Å². The predicted molar refractivity (Wildman–Crippen MR) is 39.1 cm³/mol. The molecule has 0 saturated heterocycles. The van der Waals surface area contributed by atoms with E-state index in [0.29, 0.717) is 0 Å². The lowest BCUT2D eigenvalue weighted by Crippen LogP contribution is -2.24. The van der Waals surface area contributed by atoms with Crippen molar-refractivity contribution in [2.24, 2.45) is 9.98 Å². The van der Waals surface area contributed by atoms with Crippen LogP contribution in [-0.4, -0.2) is 37.2 Å². The van der Waals surface area contributed by atoms with Crippen LogP contribution in [0.15, 0.2) is 9.98 Å². The molecule has 0 fully saturated rings. The molecule has 0 amide bonds. The number of nitrogens with zero attached hydrogens (tertiary/aromatic N) is 3. The van der Waals surface area contributed by atoms with Gasteiger partial charge in [0.25, 0.3) is 0 Å². The molecule has 0 aromatic rings. The van der Waals surface area contributed by atoms with E-state index in [0.717, 1.165) is 18.2 Å². The van der Waals surface area contributed by atoms with Gasteiger partial charge in [-0.25, -0.2) is 0 Å². The number of amidine groups is 1. The highest BCUT2D eigenvalue weighted by molar-refractivity contribution is 6.41. The van der Waals surface area contributed by atoms with Gasteiger partial charge in [-0.1, -0.05) is 0 Å². The Bertz CT molecular complexity index is 169. The van der Waals surface area contributed by atoms with E-state index in [1.165, 1.54) is 0 Å². The zero-order valence-electron chi connectivity index (χ0n) is 6.05. The second-order valence-corrected chi connectivity index (χ2v) is 2.13. The normalized spacial score (nSPS) is 23.2. The molecule has 50 valence electrons. The first-order valence-corrected chi connectivity index (χ1v) is 2.95. The molecule has 0 spiro atoms. The first kappa shape index (κ1) is 6.26. The fourth-order valence-electron chi connectivity index (χ4n) is 0.959. The molecule has 0 unspecified atom stereocenters. The van der Waals surface area contributed by atoms with Crippen LogP contribution in [0.2, 0.25) is 0 Å². The van der Waals surface area contributed by atoms with Gasteiger partial charge in [0, 0.05) is 14.1 Å². The molecule has 9 heavy (non-hydrogen) atoms. The highest BCUT2D eigenvalue weighted by Gasteiger charge is 2.13. The summed E-state index contributed by atoms with van der Waals surface area (Å²) in [5, 5.41) is 0. The Morgan fingerprint density at radius 3 is 2.56 bits per heavy atom. The third-order valence-electron chi connectivity index (χ3n) is 1.42. The van der Waals surface area contributed by atoms with Crippen molar-refractivity contribution >= 4 is 11.5 Å². The van der Waals surface area contributed by atoms with Gasteiger partial charge in [-0.05, 0) is 6.92 Å². The molecule has 0 aromatic carbocycles. The monoisotopic (exact) mass is 125 g/mol. The Hall–Kier alpha value is -0.860. The minimum Gasteiger partial charge on any atom is -0.339 e. The van der Waals surface area contributed by atoms with Crippen molar-refractivity contribution in [1.29, 1.82) is 0 Å². The SMILES string of the molecule is CN=C1C(C)=NCN1C. The molecule has 1 aliphatic heterocycles. The highest BCUT2D eigenvalue weighted by atomic mass is 15.3. The summed E-state index contributed by atoms with van der Waals surface area (Å²) in [6.45, 7) is 2.74. The molecule has 3 nitrogen and oxygen atoms in total. The van der Waals surface area contributed by atoms with Gasteiger partial charge in [-0.3, -0.25) is 9.98 Å². The van der Waals surface area contributed by atoms with Gasteiger partial charge < -0.3 is 4.90 Å². The summed E-state index contributed by atoms with van der Waals surface area (Å²) in [5.74, 6) is 1.01. The molecule has 0 aliphatic carbocycles. The summed E-state index contributed by atoms with van der Waals surface area (Å²) in [6.07, 6.45) is 0. The molecule has 0 atom stereocenters. The molecule has 0 bridgehead atoms. The molecule has 0 radical (unpaired) electrons. The van der Waals surface area contributed by atoms with Gasteiger partial charge in [0.15, 0.2) is 0 Å². The second-order valence-electron chi connectivity index (χ2n) is 2.13. The summed E-state index contributed by atoms with van der Waals surface area (Å²) in [4.78, 5) is 10.3. The maximum absolute atomic E-state index is 4.18. The summed E-state index contributed by atoms with van der Waals surface area (Å²) in [5.41, 5.74) is 1.04. The second kappa shape index (κ2) is 2.17. The van der Waals surface area contributed by atoms with E-state index in [9.17, 15) is 0 Å². The minimum atomic E-state index is 0.762. The molecule has 1 heterocycles. The third-order valence-corrected chi connectivity index (χ3v) is 1.42. The maximum atomic E-state index is 4.18. The average molecular weight is 125 g/mol. The van der Waals surface area contributed by atoms with Gasteiger partial charge in [0.05, 0.1) is 5.71 Å². The zero-order chi connectivity index (χ0) is 6.85. The van der Waals surface area contributed by atoms with Crippen LogP contribution in [0.25, 0.3) is 0 Å². The molecule has 0 N–H and O–H groups in total. The summed E-state index contributed by atoms with van der Waals surface area (Å²) in [7, 11) is 3.78.